The highest BCUT2D eigenvalue weighted by molar-refractivity contribution is 7.80. The third kappa shape index (κ3) is 5.51. The Hall–Kier alpha value is -0.663. The van der Waals surface area contributed by atoms with Crippen LogP contribution in [0.25, 0.3) is 0 Å². The zero-order valence-electron chi connectivity index (χ0n) is 14.5. The van der Waals surface area contributed by atoms with Crippen molar-refractivity contribution < 1.29 is 14.3 Å². The molecule has 0 aromatic carbocycles. The number of rotatable bonds is 3. The number of thiocarbonyl (C=S) groups is 1. The van der Waals surface area contributed by atoms with Gasteiger partial charge in [0.25, 0.3) is 0 Å². The first-order chi connectivity index (χ1) is 9.92. The van der Waals surface area contributed by atoms with Crippen LogP contribution in [0.15, 0.2) is 0 Å². The predicted molar refractivity (Wildman–Crippen MR) is 95.8 cm³/mol. The van der Waals surface area contributed by atoms with Crippen molar-refractivity contribution in [3.05, 3.63) is 0 Å². The SMILES string of the molecule is C[C@@H]1C[C@H](NC(=S)NC(=O)O)CC[C@@H]1O[Si](C)(C)C(C)(C)C. The number of amides is 1. The molecule has 1 aliphatic rings. The van der Waals surface area contributed by atoms with Gasteiger partial charge in [-0.05, 0) is 55.5 Å². The number of hydrogen-bond donors (Lipinski definition) is 3. The minimum absolute atomic E-state index is 0.188. The van der Waals surface area contributed by atoms with Gasteiger partial charge in [-0.2, -0.15) is 0 Å². The van der Waals surface area contributed by atoms with Crippen molar-refractivity contribution in [3.8, 4) is 0 Å². The van der Waals surface area contributed by atoms with E-state index in [4.69, 9.17) is 21.8 Å². The minimum atomic E-state index is -1.75. The molecule has 3 atom stereocenters. The first-order valence-corrected chi connectivity index (χ1v) is 11.2. The van der Waals surface area contributed by atoms with Crippen LogP contribution in [0.5, 0.6) is 0 Å². The number of hydrogen-bond acceptors (Lipinski definition) is 3. The molecule has 0 unspecified atom stereocenters. The van der Waals surface area contributed by atoms with Crippen LogP contribution in [-0.2, 0) is 4.43 Å². The van der Waals surface area contributed by atoms with Crippen molar-refractivity contribution in [2.24, 2.45) is 5.92 Å². The Morgan fingerprint density at radius 2 is 1.91 bits per heavy atom. The van der Waals surface area contributed by atoms with Gasteiger partial charge in [0.1, 0.15) is 0 Å². The van der Waals surface area contributed by atoms with Crippen molar-refractivity contribution in [1.29, 1.82) is 0 Å². The zero-order valence-corrected chi connectivity index (χ0v) is 16.3. The second-order valence-electron chi connectivity index (χ2n) is 7.81. The molecular formula is C15H30N2O3SSi. The minimum Gasteiger partial charge on any atom is -0.465 e. The van der Waals surface area contributed by atoms with Crippen molar-refractivity contribution in [3.63, 3.8) is 0 Å². The fourth-order valence-corrected chi connectivity index (χ4v) is 4.26. The van der Waals surface area contributed by atoms with Gasteiger partial charge in [-0.3, -0.25) is 5.32 Å². The maximum Gasteiger partial charge on any atom is 0.410 e. The van der Waals surface area contributed by atoms with E-state index in [1.807, 2.05) is 0 Å². The quantitative estimate of drug-likeness (QED) is 0.537. The highest BCUT2D eigenvalue weighted by atomic mass is 32.1. The summed E-state index contributed by atoms with van der Waals surface area (Å²) in [5.41, 5.74) is 0. The predicted octanol–water partition coefficient (Wildman–Crippen LogP) is 3.71. The third-order valence-electron chi connectivity index (χ3n) is 4.90. The molecule has 7 heteroatoms. The zero-order chi connectivity index (χ0) is 17.1. The lowest BCUT2D eigenvalue weighted by Gasteiger charge is -2.43. The Bertz CT molecular complexity index is 424. The van der Waals surface area contributed by atoms with Gasteiger partial charge in [-0.25, -0.2) is 4.79 Å². The first-order valence-electron chi connectivity index (χ1n) is 7.90. The fourth-order valence-electron chi connectivity index (χ4n) is 2.55. The molecule has 1 amide bonds. The average Bonchev–Trinajstić information content (AvgIpc) is 2.29. The maximum absolute atomic E-state index is 10.6. The molecule has 128 valence electrons. The molecule has 5 nitrogen and oxygen atoms in total. The van der Waals surface area contributed by atoms with Crippen LogP contribution >= 0.6 is 12.2 Å². The van der Waals surface area contributed by atoms with Crippen molar-refractivity contribution in [1.82, 2.24) is 10.6 Å². The number of carboxylic acid groups (broad SMARTS) is 1. The smallest absolute Gasteiger partial charge is 0.410 e. The van der Waals surface area contributed by atoms with E-state index >= 15 is 0 Å². The summed E-state index contributed by atoms with van der Waals surface area (Å²) in [6.45, 7) is 13.6. The standard InChI is InChI=1S/C15H30N2O3SSi/c1-10-9-11(16-13(21)17-14(18)19)7-8-12(10)20-22(5,6)15(2,3)4/h10-12H,7-9H2,1-6H3,(H,18,19)(H2,16,17,21)/t10-,11-,12+/m1/s1. The molecule has 1 fully saturated rings. The van der Waals surface area contributed by atoms with Crippen LogP contribution in [0, 0.1) is 5.92 Å². The summed E-state index contributed by atoms with van der Waals surface area (Å²) in [6.07, 6.45) is 2.05. The van der Waals surface area contributed by atoms with Gasteiger partial charge >= 0.3 is 6.09 Å². The van der Waals surface area contributed by atoms with E-state index in [2.05, 4.69) is 51.4 Å². The molecule has 0 aliphatic heterocycles. The van der Waals surface area contributed by atoms with Gasteiger partial charge in [0.2, 0.25) is 0 Å². The molecule has 1 saturated carbocycles. The van der Waals surface area contributed by atoms with E-state index in [-0.39, 0.29) is 16.2 Å². The van der Waals surface area contributed by atoms with Gasteiger partial charge in [0, 0.05) is 12.1 Å². The van der Waals surface area contributed by atoms with Gasteiger partial charge in [-0.1, -0.05) is 27.7 Å². The second kappa shape index (κ2) is 7.27. The summed E-state index contributed by atoms with van der Waals surface area (Å²) in [6, 6.07) is 0.216. The molecule has 0 radical (unpaired) electrons. The first kappa shape index (κ1) is 19.4. The van der Waals surface area contributed by atoms with E-state index in [0.717, 1.165) is 19.3 Å². The van der Waals surface area contributed by atoms with Gasteiger partial charge in [-0.15, -0.1) is 0 Å². The molecule has 1 rings (SSSR count). The lowest BCUT2D eigenvalue weighted by Crippen LogP contribution is -2.50. The molecule has 0 heterocycles. The number of nitrogens with one attached hydrogen (secondary N) is 2. The molecule has 1 aliphatic carbocycles. The topological polar surface area (TPSA) is 70.6 Å². The molecule has 3 N–H and O–H groups in total. The van der Waals surface area contributed by atoms with Gasteiger partial charge in [0.05, 0.1) is 0 Å². The Labute approximate surface area is 140 Å². The fraction of sp³-hybridized carbons (Fsp3) is 0.867. The van der Waals surface area contributed by atoms with Gasteiger partial charge < -0.3 is 14.8 Å². The summed E-state index contributed by atoms with van der Waals surface area (Å²) in [5.74, 6) is 0.438. The van der Waals surface area contributed by atoms with Crippen LogP contribution in [0.1, 0.15) is 47.0 Å². The molecule has 0 aromatic heterocycles. The lowest BCUT2D eigenvalue weighted by atomic mass is 9.85. The summed E-state index contributed by atoms with van der Waals surface area (Å²) in [7, 11) is -1.75. The summed E-state index contributed by atoms with van der Waals surface area (Å²) in [4.78, 5) is 10.6. The Kier molecular flexibility index (Phi) is 6.41. The lowest BCUT2D eigenvalue weighted by molar-refractivity contribution is 0.0780. The Balaban J connectivity index is 2.53. The molecule has 0 spiro atoms. The highest BCUT2D eigenvalue weighted by Crippen LogP contribution is 2.40. The average molecular weight is 347 g/mol. The molecule has 0 bridgehead atoms. The summed E-state index contributed by atoms with van der Waals surface area (Å²) in [5, 5.41) is 14.3. The van der Waals surface area contributed by atoms with Crippen LogP contribution in [0.2, 0.25) is 18.1 Å². The van der Waals surface area contributed by atoms with Crippen molar-refractivity contribution in [2.45, 2.75) is 77.2 Å². The molecule has 0 aromatic rings. The molecule has 0 saturated heterocycles. The number of carbonyl (C=O) groups is 1. The highest BCUT2D eigenvalue weighted by Gasteiger charge is 2.41. The summed E-state index contributed by atoms with van der Waals surface area (Å²) >= 11 is 4.99. The monoisotopic (exact) mass is 346 g/mol. The van der Waals surface area contributed by atoms with E-state index < -0.39 is 14.4 Å². The Morgan fingerprint density at radius 3 is 2.36 bits per heavy atom. The molecule has 22 heavy (non-hydrogen) atoms. The second-order valence-corrected chi connectivity index (χ2v) is 13.0. The van der Waals surface area contributed by atoms with Gasteiger partial charge in [0.15, 0.2) is 13.4 Å². The van der Waals surface area contributed by atoms with Crippen molar-refractivity contribution >= 4 is 31.7 Å². The van der Waals surface area contributed by atoms with Crippen LogP contribution in [0.4, 0.5) is 4.79 Å². The summed E-state index contributed by atoms with van der Waals surface area (Å²) < 4.78 is 6.54. The van der Waals surface area contributed by atoms with Crippen LogP contribution in [0.3, 0.4) is 0 Å². The van der Waals surface area contributed by atoms with E-state index in [1.165, 1.54) is 0 Å². The largest absolute Gasteiger partial charge is 0.465 e. The van der Waals surface area contributed by atoms with Crippen LogP contribution < -0.4 is 10.6 Å². The van der Waals surface area contributed by atoms with E-state index in [0.29, 0.717) is 12.0 Å². The Morgan fingerprint density at radius 1 is 1.32 bits per heavy atom. The van der Waals surface area contributed by atoms with E-state index in [1.54, 1.807) is 0 Å². The third-order valence-corrected chi connectivity index (χ3v) is 9.62. The maximum atomic E-state index is 10.6. The van der Waals surface area contributed by atoms with E-state index in [9.17, 15) is 4.79 Å². The normalized spacial score (nSPS) is 26.4. The van der Waals surface area contributed by atoms with Crippen LogP contribution in [-0.4, -0.2) is 36.8 Å². The van der Waals surface area contributed by atoms with Crippen molar-refractivity contribution in [2.75, 3.05) is 0 Å². The molecular weight excluding hydrogens is 316 g/mol.